The van der Waals surface area contributed by atoms with Gasteiger partial charge in [0.1, 0.15) is 22.7 Å². The molecule has 1 saturated heterocycles. The molecular weight excluding hydrogens is 618 g/mol. The Morgan fingerprint density at radius 3 is 2.31 bits per heavy atom. The Morgan fingerprint density at radius 1 is 0.939 bits per heavy atom. The summed E-state index contributed by atoms with van der Waals surface area (Å²) in [5.74, 6) is 5.85. The van der Waals surface area contributed by atoms with E-state index in [1.54, 1.807) is 47.3 Å². The number of nitrogens with one attached hydrogen (secondary N) is 1. The smallest absolute Gasteiger partial charge is 0.419 e. The first kappa shape index (κ1) is 35.3. The van der Waals surface area contributed by atoms with E-state index in [-0.39, 0.29) is 17.6 Å². The summed E-state index contributed by atoms with van der Waals surface area (Å²) in [5.41, 5.74) is 2.86. The number of aromatic nitrogens is 3. The average molecular weight is 664 g/mol. The van der Waals surface area contributed by atoms with Crippen LogP contribution in [0, 0.1) is 11.8 Å². The van der Waals surface area contributed by atoms with Gasteiger partial charge in [0.25, 0.3) is 5.91 Å². The normalized spacial score (nSPS) is 15.0. The van der Waals surface area contributed by atoms with Gasteiger partial charge in [-0.05, 0) is 117 Å². The first-order valence-electron chi connectivity index (χ1n) is 16.7. The molecule has 1 aliphatic heterocycles. The van der Waals surface area contributed by atoms with Gasteiger partial charge in [-0.1, -0.05) is 24.0 Å². The number of carbonyl (C=O) groups is 3. The predicted molar refractivity (Wildman–Crippen MR) is 190 cm³/mol. The second kappa shape index (κ2) is 14.6. The zero-order chi connectivity index (χ0) is 35.3. The molecular formula is C39H45N5O5. The van der Waals surface area contributed by atoms with Gasteiger partial charge in [-0.3, -0.25) is 9.69 Å². The molecule has 0 unspecified atom stereocenters. The molecule has 0 saturated carbocycles. The first-order chi connectivity index (χ1) is 23.2. The molecule has 0 aliphatic carbocycles. The summed E-state index contributed by atoms with van der Waals surface area (Å²) in [7, 11) is 2.06. The average Bonchev–Trinajstić information content (AvgIpc) is 3.62. The number of benzene rings is 1. The van der Waals surface area contributed by atoms with Crippen molar-refractivity contribution in [2.75, 3.05) is 18.9 Å². The highest BCUT2D eigenvalue weighted by Gasteiger charge is 2.31. The van der Waals surface area contributed by atoms with Crippen molar-refractivity contribution in [2.24, 2.45) is 0 Å². The van der Waals surface area contributed by atoms with Crippen molar-refractivity contribution >= 4 is 34.7 Å². The highest BCUT2D eigenvalue weighted by molar-refractivity contribution is 6.04. The number of pyridine rings is 2. The van der Waals surface area contributed by atoms with Crippen molar-refractivity contribution in [1.82, 2.24) is 19.4 Å². The molecule has 0 spiro atoms. The van der Waals surface area contributed by atoms with Crippen LogP contribution in [0.4, 0.5) is 10.6 Å². The largest absolute Gasteiger partial charge is 0.455 e. The SMILES string of the molecule is CN1CCC[C@@H]1c1cc2cnc(NC(=O)c3ccc(CCCC#Cc4ccc(C(=O)OC(C)(C)C)nc4)cc3)cc2n1C(=O)OC(C)(C)C. The van der Waals surface area contributed by atoms with E-state index in [2.05, 4.69) is 39.1 Å². The lowest BCUT2D eigenvalue weighted by Crippen LogP contribution is -2.30. The molecule has 0 bridgehead atoms. The van der Waals surface area contributed by atoms with Crippen molar-refractivity contribution in [3.05, 3.63) is 89.0 Å². The second-order valence-corrected chi connectivity index (χ2v) is 14.4. The Bertz CT molecular complexity index is 1890. The van der Waals surface area contributed by atoms with Gasteiger partial charge >= 0.3 is 12.1 Å². The molecule has 4 aromatic rings. The number of anilines is 1. The van der Waals surface area contributed by atoms with Crippen LogP contribution < -0.4 is 5.32 Å². The van der Waals surface area contributed by atoms with Crippen molar-refractivity contribution in [1.29, 1.82) is 0 Å². The summed E-state index contributed by atoms with van der Waals surface area (Å²) in [4.78, 5) is 49.7. The summed E-state index contributed by atoms with van der Waals surface area (Å²) < 4.78 is 12.8. The number of rotatable bonds is 7. The fourth-order valence-corrected chi connectivity index (χ4v) is 5.71. The lowest BCUT2D eigenvalue weighted by molar-refractivity contribution is 0.00624. The number of carbonyl (C=O) groups excluding carboxylic acids is 3. The molecule has 1 atom stereocenters. The molecule has 1 N–H and O–H groups in total. The number of nitrogens with zero attached hydrogens (tertiary/aromatic N) is 4. The molecule has 1 aromatic carbocycles. The van der Waals surface area contributed by atoms with Crippen LogP contribution in [-0.4, -0.2) is 62.2 Å². The van der Waals surface area contributed by atoms with Crippen LogP contribution in [0.1, 0.15) is 111 Å². The molecule has 256 valence electrons. The van der Waals surface area contributed by atoms with E-state index >= 15 is 0 Å². The minimum atomic E-state index is -0.660. The van der Waals surface area contributed by atoms with E-state index in [0.717, 1.165) is 54.4 Å². The third-order valence-electron chi connectivity index (χ3n) is 7.98. The molecule has 4 heterocycles. The molecule has 1 fully saturated rings. The van der Waals surface area contributed by atoms with Gasteiger partial charge in [-0.15, -0.1) is 0 Å². The van der Waals surface area contributed by atoms with E-state index < -0.39 is 23.3 Å². The standard InChI is InChI=1S/C39H45N5O5/c1-38(2,3)48-36(46)30-20-17-27(24-40-30)13-10-8-9-12-26-15-18-28(19-16-26)35(45)42-34-23-32-29(25-41-34)22-33(31-14-11-21-43(31)7)44(32)37(47)49-39(4,5)6/h15-20,22-25,31H,8-9,11-12,14,21H2,1-7H3,(H,41,42,45)/t31-/m1/s1. The number of likely N-dealkylation sites (tertiary alicyclic amines) is 1. The Hall–Kier alpha value is -5.01. The Labute approximate surface area is 288 Å². The maximum atomic E-state index is 13.4. The highest BCUT2D eigenvalue weighted by Crippen LogP contribution is 2.35. The first-order valence-corrected chi connectivity index (χ1v) is 16.7. The third-order valence-corrected chi connectivity index (χ3v) is 7.98. The van der Waals surface area contributed by atoms with Gasteiger partial charge in [0, 0.05) is 47.1 Å². The quantitative estimate of drug-likeness (QED) is 0.122. The number of unbranched alkanes of at least 4 members (excludes halogenated alkanes) is 1. The maximum Gasteiger partial charge on any atom is 0.419 e. The molecule has 1 aliphatic rings. The fourth-order valence-electron chi connectivity index (χ4n) is 5.71. The number of hydrogen-bond acceptors (Lipinski definition) is 8. The van der Waals surface area contributed by atoms with Crippen LogP contribution in [0.25, 0.3) is 10.9 Å². The van der Waals surface area contributed by atoms with Crippen LogP contribution in [-0.2, 0) is 15.9 Å². The number of esters is 1. The number of hydrogen-bond donors (Lipinski definition) is 1. The molecule has 1 amide bonds. The van der Waals surface area contributed by atoms with Crippen LogP contribution in [0.3, 0.4) is 0 Å². The Balaban J connectivity index is 1.19. The number of ether oxygens (including phenoxy) is 2. The monoisotopic (exact) mass is 663 g/mol. The van der Waals surface area contributed by atoms with Gasteiger partial charge < -0.3 is 14.8 Å². The number of amides is 1. The maximum absolute atomic E-state index is 13.4. The Kier molecular flexibility index (Phi) is 10.5. The molecule has 10 heteroatoms. The van der Waals surface area contributed by atoms with Crippen LogP contribution in [0.15, 0.2) is 60.9 Å². The van der Waals surface area contributed by atoms with Gasteiger partial charge in [-0.2, -0.15) is 0 Å². The second-order valence-electron chi connectivity index (χ2n) is 14.4. The van der Waals surface area contributed by atoms with Gasteiger partial charge in [-0.25, -0.2) is 24.1 Å². The third kappa shape index (κ3) is 9.33. The minimum absolute atomic E-state index is 0.0884. The van der Waals surface area contributed by atoms with E-state index in [1.807, 2.05) is 59.7 Å². The molecule has 0 radical (unpaired) electrons. The van der Waals surface area contributed by atoms with Crippen LogP contribution >= 0.6 is 0 Å². The van der Waals surface area contributed by atoms with E-state index in [1.165, 1.54) is 0 Å². The topological polar surface area (TPSA) is 116 Å². The van der Waals surface area contributed by atoms with Gasteiger partial charge in [0.2, 0.25) is 0 Å². The van der Waals surface area contributed by atoms with E-state index in [4.69, 9.17) is 9.47 Å². The van der Waals surface area contributed by atoms with Crippen molar-refractivity contribution in [2.45, 2.75) is 90.9 Å². The summed E-state index contributed by atoms with van der Waals surface area (Å²) in [6.07, 6.45) is 7.16. The van der Waals surface area contributed by atoms with Crippen molar-refractivity contribution in [3.8, 4) is 11.8 Å². The molecule has 10 nitrogen and oxygen atoms in total. The summed E-state index contributed by atoms with van der Waals surface area (Å²) >= 11 is 0. The predicted octanol–water partition coefficient (Wildman–Crippen LogP) is 7.56. The fraction of sp³-hybridized carbons (Fsp3) is 0.410. The van der Waals surface area contributed by atoms with Gasteiger partial charge in [0.05, 0.1) is 11.6 Å². The Morgan fingerprint density at radius 2 is 1.67 bits per heavy atom. The highest BCUT2D eigenvalue weighted by atomic mass is 16.6. The van der Waals surface area contributed by atoms with Gasteiger partial charge in [0.15, 0.2) is 0 Å². The van der Waals surface area contributed by atoms with Crippen molar-refractivity contribution in [3.63, 3.8) is 0 Å². The zero-order valence-corrected chi connectivity index (χ0v) is 29.4. The summed E-state index contributed by atoms with van der Waals surface area (Å²) in [5, 5.41) is 3.70. The number of aryl methyl sites for hydroxylation is 1. The molecule has 5 rings (SSSR count). The molecule has 49 heavy (non-hydrogen) atoms. The van der Waals surface area contributed by atoms with Crippen LogP contribution in [0.2, 0.25) is 0 Å². The summed E-state index contributed by atoms with van der Waals surface area (Å²) in [6, 6.07) is 14.7. The lowest BCUT2D eigenvalue weighted by Gasteiger charge is -2.24. The summed E-state index contributed by atoms with van der Waals surface area (Å²) in [6.45, 7) is 11.9. The molecule has 3 aromatic heterocycles. The van der Waals surface area contributed by atoms with E-state index in [0.29, 0.717) is 23.3 Å². The lowest BCUT2D eigenvalue weighted by atomic mass is 10.1. The van der Waals surface area contributed by atoms with Crippen molar-refractivity contribution < 1.29 is 23.9 Å². The minimum Gasteiger partial charge on any atom is -0.455 e. The number of fused-ring (bicyclic) bond motifs is 1. The van der Waals surface area contributed by atoms with E-state index in [9.17, 15) is 14.4 Å². The van der Waals surface area contributed by atoms with Crippen LogP contribution in [0.5, 0.6) is 0 Å². The zero-order valence-electron chi connectivity index (χ0n) is 29.4.